The summed E-state index contributed by atoms with van der Waals surface area (Å²) in [5.41, 5.74) is 3.69. The molecule has 1 unspecified atom stereocenters. The normalized spacial score (nSPS) is 18.1. The quantitative estimate of drug-likeness (QED) is 0.895. The van der Waals surface area contributed by atoms with Crippen LogP contribution >= 0.6 is 0 Å². The van der Waals surface area contributed by atoms with Crippen LogP contribution in [-0.2, 0) is 18.4 Å². The van der Waals surface area contributed by atoms with Crippen molar-refractivity contribution in [1.29, 1.82) is 0 Å². The van der Waals surface area contributed by atoms with E-state index < -0.39 is 5.60 Å². The van der Waals surface area contributed by atoms with Gasteiger partial charge in [-0.25, -0.2) is 0 Å². The highest BCUT2D eigenvalue weighted by molar-refractivity contribution is 5.42. The van der Waals surface area contributed by atoms with Crippen LogP contribution in [0.25, 0.3) is 0 Å². The molecule has 0 fully saturated rings. The Hall–Kier alpha value is -1.94. The van der Waals surface area contributed by atoms with Crippen molar-refractivity contribution in [3.63, 3.8) is 0 Å². The SMILES string of the molecule is Cc1[nH]c(=O)c(C(C)(C)O)c2c1CC(c1ccncc1)CC2. The number of pyridine rings is 2. The Morgan fingerprint density at radius 2 is 1.95 bits per heavy atom. The summed E-state index contributed by atoms with van der Waals surface area (Å²) < 4.78 is 0. The second kappa shape index (κ2) is 5.36. The van der Waals surface area contributed by atoms with Crippen molar-refractivity contribution in [1.82, 2.24) is 9.97 Å². The summed E-state index contributed by atoms with van der Waals surface area (Å²) in [5, 5.41) is 10.4. The van der Waals surface area contributed by atoms with E-state index in [9.17, 15) is 9.90 Å². The number of aromatic nitrogens is 2. The van der Waals surface area contributed by atoms with Crippen LogP contribution in [-0.4, -0.2) is 15.1 Å². The molecule has 4 heteroatoms. The van der Waals surface area contributed by atoms with Gasteiger partial charge >= 0.3 is 0 Å². The monoisotopic (exact) mass is 298 g/mol. The average Bonchev–Trinajstić information content (AvgIpc) is 2.46. The molecular formula is C18H22N2O2. The lowest BCUT2D eigenvalue weighted by atomic mass is 9.76. The van der Waals surface area contributed by atoms with E-state index >= 15 is 0 Å². The van der Waals surface area contributed by atoms with E-state index in [1.165, 1.54) is 11.1 Å². The first kappa shape index (κ1) is 15.0. The van der Waals surface area contributed by atoms with Gasteiger partial charge in [-0.2, -0.15) is 0 Å². The minimum Gasteiger partial charge on any atom is -0.386 e. The van der Waals surface area contributed by atoms with Gasteiger partial charge in [-0.15, -0.1) is 0 Å². The van der Waals surface area contributed by atoms with Crippen molar-refractivity contribution < 1.29 is 5.11 Å². The molecule has 0 bridgehead atoms. The zero-order chi connectivity index (χ0) is 15.9. The molecule has 0 radical (unpaired) electrons. The van der Waals surface area contributed by atoms with E-state index in [2.05, 4.69) is 22.1 Å². The molecule has 3 rings (SSSR count). The summed E-state index contributed by atoms with van der Waals surface area (Å²) in [5.74, 6) is 0.440. The smallest absolute Gasteiger partial charge is 0.254 e. The molecule has 0 aromatic carbocycles. The predicted octanol–water partition coefficient (Wildman–Crippen LogP) is 2.58. The lowest BCUT2D eigenvalue weighted by molar-refractivity contribution is 0.0756. The number of nitrogens with zero attached hydrogens (tertiary/aromatic N) is 1. The van der Waals surface area contributed by atoms with E-state index in [0.717, 1.165) is 30.5 Å². The minimum atomic E-state index is -1.12. The lowest BCUT2D eigenvalue weighted by Crippen LogP contribution is -2.33. The van der Waals surface area contributed by atoms with Crippen molar-refractivity contribution in [2.24, 2.45) is 0 Å². The molecule has 2 N–H and O–H groups in total. The van der Waals surface area contributed by atoms with Crippen LogP contribution in [0.3, 0.4) is 0 Å². The summed E-state index contributed by atoms with van der Waals surface area (Å²) >= 11 is 0. The van der Waals surface area contributed by atoms with Crippen LogP contribution in [0.4, 0.5) is 0 Å². The van der Waals surface area contributed by atoms with Gasteiger partial charge < -0.3 is 10.1 Å². The Balaban J connectivity index is 2.07. The van der Waals surface area contributed by atoms with Gasteiger partial charge in [0.2, 0.25) is 0 Å². The largest absolute Gasteiger partial charge is 0.386 e. The fraction of sp³-hybridized carbons (Fsp3) is 0.444. The molecule has 0 aliphatic heterocycles. The van der Waals surface area contributed by atoms with E-state index in [4.69, 9.17) is 0 Å². The summed E-state index contributed by atoms with van der Waals surface area (Å²) in [7, 11) is 0. The molecule has 2 aromatic heterocycles. The van der Waals surface area contributed by atoms with Gasteiger partial charge in [-0.3, -0.25) is 9.78 Å². The number of hydrogen-bond donors (Lipinski definition) is 2. The molecular weight excluding hydrogens is 276 g/mol. The van der Waals surface area contributed by atoms with Crippen LogP contribution in [0, 0.1) is 6.92 Å². The maximum Gasteiger partial charge on any atom is 0.254 e. The number of aromatic amines is 1. The lowest BCUT2D eigenvalue weighted by Gasteiger charge is -2.30. The first-order chi connectivity index (χ1) is 10.4. The van der Waals surface area contributed by atoms with Crippen molar-refractivity contribution >= 4 is 0 Å². The predicted molar refractivity (Wildman–Crippen MR) is 86.0 cm³/mol. The van der Waals surface area contributed by atoms with Crippen LogP contribution in [0.2, 0.25) is 0 Å². The third-order valence-corrected chi connectivity index (χ3v) is 4.63. The summed E-state index contributed by atoms with van der Waals surface area (Å²) in [6.07, 6.45) is 6.36. The number of fused-ring (bicyclic) bond motifs is 1. The van der Waals surface area contributed by atoms with E-state index in [0.29, 0.717) is 11.5 Å². The maximum atomic E-state index is 12.3. The molecule has 1 atom stereocenters. The molecule has 0 spiro atoms. The average molecular weight is 298 g/mol. The Kier molecular flexibility index (Phi) is 3.65. The van der Waals surface area contributed by atoms with Crippen LogP contribution < -0.4 is 5.56 Å². The number of aryl methyl sites for hydroxylation is 1. The first-order valence-electron chi connectivity index (χ1n) is 7.75. The topological polar surface area (TPSA) is 66.0 Å². The van der Waals surface area contributed by atoms with Gasteiger partial charge in [-0.1, -0.05) is 0 Å². The molecule has 0 saturated heterocycles. The van der Waals surface area contributed by atoms with Gasteiger partial charge in [0.1, 0.15) is 0 Å². The minimum absolute atomic E-state index is 0.161. The molecule has 116 valence electrons. The highest BCUT2D eigenvalue weighted by Gasteiger charge is 2.31. The van der Waals surface area contributed by atoms with Gasteiger partial charge in [0.25, 0.3) is 5.56 Å². The standard InChI is InChI=1S/C18H22N2O2/c1-11-15-10-13(12-6-8-19-9-7-12)4-5-14(15)16(17(21)20-11)18(2,3)22/h6-9,13,22H,4-5,10H2,1-3H3,(H,20,21). The second-order valence-electron chi connectivity index (χ2n) is 6.69. The number of hydrogen-bond acceptors (Lipinski definition) is 3. The van der Waals surface area contributed by atoms with E-state index in [-0.39, 0.29) is 5.56 Å². The Bertz CT molecular complexity index is 742. The summed E-state index contributed by atoms with van der Waals surface area (Å²) in [6, 6.07) is 4.13. The fourth-order valence-corrected chi connectivity index (χ4v) is 3.61. The number of nitrogens with one attached hydrogen (secondary N) is 1. The van der Waals surface area contributed by atoms with Gasteiger partial charge in [-0.05, 0) is 74.8 Å². The van der Waals surface area contributed by atoms with Crippen molar-refractivity contribution in [2.75, 3.05) is 0 Å². The molecule has 22 heavy (non-hydrogen) atoms. The summed E-state index contributed by atoms with van der Waals surface area (Å²) in [4.78, 5) is 19.3. The van der Waals surface area contributed by atoms with Crippen LogP contribution in [0.1, 0.15) is 54.1 Å². The third-order valence-electron chi connectivity index (χ3n) is 4.63. The van der Waals surface area contributed by atoms with Gasteiger partial charge in [0, 0.05) is 18.1 Å². The van der Waals surface area contributed by atoms with E-state index in [1.807, 2.05) is 19.3 Å². The van der Waals surface area contributed by atoms with Crippen molar-refractivity contribution in [3.8, 4) is 0 Å². The summed E-state index contributed by atoms with van der Waals surface area (Å²) in [6.45, 7) is 5.31. The number of H-pyrrole nitrogens is 1. The Labute approximate surface area is 130 Å². The Morgan fingerprint density at radius 1 is 1.27 bits per heavy atom. The number of aliphatic hydroxyl groups is 1. The zero-order valence-electron chi connectivity index (χ0n) is 13.3. The van der Waals surface area contributed by atoms with Gasteiger partial charge in [0.05, 0.1) is 11.2 Å². The molecule has 2 heterocycles. The molecule has 4 nitrogen and oxygen atoms in total. The van der Waals surface area contributed by atoms with Crippen LogP contribution in [0.15, 0.2) is 29.3 Å². The molecule has 0 saturated carbocycles. The van der Waals surface area contributed by atoms with Crippen LogP contribution in [0.5, 0.6) is 0 Å². The third kappa shape index (κ3) is 2.59. The fourth-order valence-electron chi connectivity index (χ4n) is 3.61. The zero-order valence-corrected chi connectivity index (χ0v) is 13.3. The highest BCUT2D eigenvalue weighted by Crippen LogP contribution is 2.36. The second-order valence-corrected chi connectivity index (χ2v) is 6.69. The molecule has 2 aromatic rings. The van der Waals surface area contributed by atoms with Gasteiger partial charge in [0.15, 0.2) is 0 Å². The highest BCUT2D eigenvalue weighted by atomic mass is 16.3. The molecule has 1 aliphatic rings. The van der Waals surface area contributed by atoms with Crippen molar-refractivity contribution in [3.05, 3.63) is 62.8 Å². The molecule has 0 amide bonds. The van der Waals surface area contributed by atoms with E-state index in [1.54, 1.807) is 13.8 Å². The number of rotatable bonds is 2. The molecule has 1 aliphatic carbocycles. The van der Waals surface area contributed by atoms with Crippen molar-refractivity contribution in [2.45, 2.75) is 51.6 Å². The maximum absolute atomic E-state index is 12.3. The first-order valence-corrected chi connectivity index (χ1v) is 7.75. The Morgan fingerprint density at radius 3 is 2.59 bits per heavy atom.